The normalized spacial score (nSPS) is 15.7. The van der Waals surface area contributed by atoms with Crippen LogP contribution in [0.25, 0.3) is 11.8 Å². The first-order valence-corrected chi connectivity index (χ1v) is 12.9. The highest BCUT2D eigenvalue weighted by molar-refractivity contribution is 8.18. The number of halogens is 5. The minimum absolute atomic E-state index is 0.0528. The number of hydrogen-bond acceptors (Lipinski definition) is 7. The molecule has 2 aromatic carbocycles. The van der Waals surface area contributed by atoms with Crippen molar-refractivity contribution in [2.24, 2.45) is 12.0 Å². The molecular weight excluding hydrogens is 592 g/mol. The number of amidine groups is 1. The number of alkyl halides is 3. The van der Waals surface area contributed by atoms with Gasteiger partial charge in [-0.2, -0.15) is 13.2 Å². The molecule has 1 aliphatic heterocycles. The summed E-state index contributed by atoms with van der Waals surface area (Å²) in [6, 6.07) is 10.6. The van der Waals surface area contributed by atoms with Gasteiger partial charge in [0.2, 0.25) is 0 Å². The second-order valence-electron chi connectivity index (χ2n) is 8.41. The molecule has 0 spiro atoms. The molecule has 3 aromatic rings. The van der Waals surface area contributed by atoms with E-state index in [0.29, 0.717) is 5.56 Å². The predicted molar refractivity (Wildman–Crippen MR) is 145 cm³/mol. The first kappa shape index (κ1) is 29.8. The Kier molecular flexibility index (Phi) is 8.54. The molecule has 41 heavy (non-hydrogen) atoms. The van der Waals surface area contributed by atoms with Gasteiger partial charge in [-0.15, -0.1) is 0 Å². The van der Waals surface area contributed by atoms with E-state index in [2.05, 4.69) is 4.99 Å². The largest absolute Gasteiger partial charge is 0.465 e. The van der Waals surface area contributed by atoms with Crippen molar-refractivity contribution >= 4 is 52.2 Å². The molecule has 0 bridgehead atoms. The van der Waals surface area contributed by atoms with Crippen LogP contribution in [0.5, 0.6) is 0 Å². The zero-order valence-electron chi connectivity index (χ0n) is 21.2. The van der Waals surface area contributed by atoms with E-state index in [1.165, 1.54) is 0 Å². The van der Waals surface area contributed by atoms with Gasteiger partial charge >= 0.3 is 17.8 Å². The molecular formula is C26H19ClF4N4O5S. The Hall–Kier alpha value is -4.17. The molecule has 1 aliphatic rings. The number of amides is 1. The van der Waals surface area contributed by atoms with E-state index < -0.39 is 53.0 Å². The van der Waals surface area contributed by atoms with Gasteiger partial charge < -0.3 is 4.74 Å². The van der Waals surface area contributed by atoms with Crippen molar-refractivity contribution in [2.45, 2.75) is 13.1 Å². The molecule has 1 fully saturated rings. The van der Waals surface area contributed by atoms with Gasteiger partial charge in [0.1, 0.15) is 18.1 Å². The van der Waals surface area contributed by atoms with Crippen molar-refractivity contribution in [2.75, 3.05) is 13.2 Å². The highest BCUT2D eigenvalue weighted by Gasteiger charge is 2.36. The highest BCUT2D eigenvalue weighted by Crippen LogP contribution is 2.37. The standard InChI is InChI=1S/C26H19ClF4N4O5S/c1-3-40-22(37)13-34-23(38)19(9-14-7-5-4-6-8-14)41-24(34)32-17-11-18(16(28)10-15(17)27)35-21(36)12-20(26(29,30)31)33(2)25(35)39/h4-12H,3,13H2,1-2H3. The molecule has 2 heterocycles. The van der Waals surface area contributed by atoms with E-state index in [0.717, 1.165) is 35.8 Å². The summed E-state index contributed by atoms with van der Waals surface area (Å²) in [6.45, 7) is 1.12. The molecule has 0 saturated carbocycles. The van der Waals surface area contributed by atoms with Crippen molar-refractivity contribution in [1.82, 2.24) is 14.0 Å². The Morgan fingerprint density at radius 3 is 2.44 bits per heavy atom. The summed E-state index contributed by atoms with van der Waals surface area (Å²) in [7, 11) is 0.782. The lowest BCUT2D eigenvalue weighted by Crippen LogP contribution is -2.41. The van der Waals surface area contributed by atoms with Crippen molar-refractivity contribution in [3.8, 4) is 5.69 Å². The number of aliphatic imine (C=N–C) groups is 1. The quantitative estimate of drug-likeness (QED) is 0.231. The summed E-state index contributed by atoms with van der Waals surface area (Å²) in [4.78, 5) is 56.2. The van der Waals surface area contributed by atoms with Crippen molar-refractivity contribution in [1.29, 1.82) is 0 Å². The number of hydrogen-bond donors (Lipinski definition) is 0. The fourth-order valence-electron chi connectivity index (χ4n) is 3.77. The van der Waals surface area contributed by atoms with Gasteiger partial charge in [0.25, 0.3) is 11.5 Å². The molecule has 214 valence electrons. The first-order valence-electron chi connectivity index (χ1n) is 11.7. The maximum atomic E-state index is 15.0. The number of aromatic nitrogens is 2. The van der Waals surface area contributed by atoms with E-state index >= 15 is 0 Å². The molecule has 0 atom stereocenters. The van der Waals surface area contributed by atoms with Crippen molar-refractivity contribution in [3.63, 3.8) is 0 Å². The lowest BCUT2D eigenvalue weighted by atomic mass is 10.2. The number of nitrogens with zero attached hydrogens (tertiary/aromatic N) is 4. The number of ether oxygens (including phenoxy) is 1. The van der Waals surface area contributed by atoms with E-state index in [1.54, 1.807) is 43.3 Å². The van der Waals surface area contributed by atoms with E-state index in [9.17, 15) is 36.7 Å². The van der Waals surface area contributed by atoms with Crippen molar-refractivity contribution in [3.05, 3.63) is 96.4 Å². The summed E-state index contributed by atoms with van der Waals surface area (Å²) >= 11 is 7.06. The van der Waals surface area contributed by atoms with Crippen LogP contribution in [-0.4, -0.2) is 44.2 Å². The molecule has 9 nitrogen and oxygen atoms in total. The predicted octanol–water partition coefficient (Wildman–Crippen LogP) is 4.51. The zero-order valence-corrected chi connectivity index (χ0v) is 22.8. The Labute approximate surface area is 238 Å². The van der Waals surface area contributed by atoms with Gasteiger partial charge in [0.15, 0.2) is 5.17 Å². The van der Waals surface area contributed by atoms with Crippen molar-refractivity contribution < 1.29 is 31.9 Å². The van der Waals surface area contributed by atoms with Gasteiger partial charge in [-0.3, -0.25) is 23.9 Å². The Morgan fingerprint density at radius 2 is 1.80 bits per heavy atom. The lowest BCUT2D eigenvalue weighted by Gasteiger charge is -2.16. The minimum atomic E-state index is -5.01. The summed E-state index contributed by atoms with van der Waals surface area (Å²) in [5, 5.41) is -0.363. The number of rotatable bonds is 6. The van der Waals surface area contributed by atoms with Crippen LogP contribution >= 0.6 is 23.4 Å². The van der Waals surface area contributed by atoms with Crippen LogP contribution < -0.4 is 11.2 Å². The van der Waals surface area contributed by atoms with Crippen LogP contribution in [0.15, 0.2) is 68.0 Å². The number of carbonyl (C=O) groups is 2. The van der Waals surface area contributed by atoms with E-state index in [-0.39, 0.29) is 42.6 Å². The van der Waals surface area contributed by atoms with Gasteiger partial charge in [-0.1, -0.05) is 41.9 Å². The third-order valence-corrected chi connectivity index (χ3v) is 6.97. The molecule has 1 saturated heterocycles. The lowest BCUT2D eigenvalue weighted by molar-refractivity contribution is -0.145. The monoisotopic (exact) mass is 610 g/mol. The van der Waals surface area contributed by atoms with Crippen LogP contribution in [0.1, 0.15) is 18.2 Å². The molecule has 1 aromatic heterocycles. The molecule has 0 radical (unpaired) electrons. The Balaban J connectivity index is 1.84. The van der Waals surface area contributed by atoms with E-state index in [1.807, 2.05) is 0 Å². The van der Waals surface area contributed by atoms with Crippen LogP contribution in [0.3, 0.4) is 0 Å². The summed E-state index contributed by atoms with van der Waals surface area (Å²) in [5.41, 5.74) is -4.71. The number of carbonyl (C=O) groups excluding carboxylic acids is 2. The molecule has 0 unspecified atom stereocenters. The number of esters is 1. The third-order valence-electron chi connectivity index (χ3n) is 5.66. The van der Waals surface area contributed by atoms with Gasteiger partial charge in [-0.25, -0.2) is 18.7 Å². The Bertz CT molecular complexity index is 1720. The van der Waals surface area contributed by atoms with Gasteiger partial charge in [0, 0.05) is 13.1 Å². The second-order valence-corrected chi connectivity index (χ2v) is 9.83. The smallest absolute Gasteiger partial charge is 0.431 e. The molecule has 0 aliphatic carbocycles. The Morgan fingerprint density at radius 1 is 1.12 bits per heavy atom. The summed E-state index contributed by atoms with van der Waals surface area (Å²) in [5.74, 6) is -2.51. The van der Waals surface area contributed by atoms with Crippen LogP contribution in [0.4, 0.5) is 23.2 Å². The zero-order chi connectivity index (χ0) is 30.1. The SMILES string of the molecule is CCOC(=O)CN1C(=O)C(=Cc2ccccc2)SC1=Nc1cc(-n2c(=O)cc(C(F)(F)F)n(C)c2=O)c(F)cc1Cl. The molecule has 1 amide bonds. The first-order chi connectivity index (χ1) is 19.3. The highest BCUT2D eigenvalue weighted by atomic mass is 35.5. The van der Waals surface area contributed by atoms with Crippen LogP contribution in [0.2, 0.25) is 5.02 Å². The second kappa shape index (κ2) is 11.7. The maximum absolute atomic E-state index is 15.0. The molecule has 0 N–H and O–H groups in total. The summed E-state index contributed by atoms with van der Waals surface area (Å²) in [6.07, 6.45) is -3.45. The fraction of sp³-hybridized carbons (Fsp3) is 0.192. The molecule has 4 rings (SSSR count). The van der Waals surface area contributed by atoms with Crippen LogP contribution in [-0.2, 0) is 27.5 Å². The minimum Gasteiger partial charge on any atom is -0.465 e. The maximum Gasteiger partial charge on any atom is 0.431 e. The topological polar surface area (TPSA) is 103 Å². The molecule has 15 heteroatoms. The fourth-order valence-corrected chi connectivity index (χ4v) is 4.96. The number of thioether (sulfide) groups is 1. The number of benzene rings is 2. The van der Waals surface area contributed by atoms with Crippen LogP contribution in [0, 0.1) is 5.82 Å². The average Bonchev–Trinajstić information content (AvgIpc) is 3.17. The summed E-state index contributed by atoms with van der Waals surface area (Å²) < 4.78 is 60.0. The van der Waals surface area contributed by atoms with Gasteiger partial charge in [0.05, 0.1) is 27.9 Å². The average molecular weight is 611 g/mol. The third kappa shape index (κ3) is 6.28. The van der Waals surface area contributed by atoms with Gasteiger partial charge in [-0.05, 0) is 42.5 Å². The van der Waals surface area contributed by atoms with E-state index in [4.69, 9.17) is 16.3 Å².